The van der Waals surface area contributed by atoms with Gasteiger partial charge in [0, 0.05) is 18.4 Å². The molecule has 0 spiro atoms. The van der Waals surface area contributed by atoms with E-state index in [9.17, 15) is 4.79 Å². The zero-order valence-corrected chi connectivity index (χ0v) is 9.28. The van der Waals surface area contributed by atoms with Gasteiger partial charge in [-0.3, -0.25) is 9.48 Å². The van der Waals surface area contributed by atoms with Crippen molar-refractivity contribution in [2.24, 2.45) is 5.73 Å². The summed E-state index contributed by atoms with van der Waals surface area (Å²) in [4.78, 5) is 10.5. The summed E-state index contributed by atoms with van der Waals surface area (Å²) in [6, 6.07) is -0.907. The summed E-state index contributed by atoms with van der Waals surface area (Å²) in [5.74, 6) is -0.0676. The number of hydrogen-bond donors (Lipinski definition) is 2. The van der Waals surface area contributed by atoms with Gasteiger partial charge in [0.2, 0.25) is 0 Å². The first-order valence-electron chi connectivity index (χ1n) is 4.50. The van der Waals surface area contributed by atoms with Crippen molar-refractivity contribution in [2.45, 2.75) is 19.0 Å². The highest BCUT2D eigenvalue weighted by Gasteiger charge is 2.14. The monoisotopic (exact) mass is 230 g/mol. The van der Waals surface area contributed by atoms with Gasteiger partial charge in [0.15, 0.2) is 0 Å². The molecule has 0 amide bonds. The lowest BCUT2D eigenvalue weighted by atomic mass is 10.2. The molecule has 1 aromatic heterocycles. The SMILES string of the molecule is CSCCn1cc(CC(N)C(=O)O)nn1. The first-order valence-corrected chi connectivity index (χ1v) is 5.89. The lowest BCUT2D eigenvalue weighted by Gasteiger charge is -2.01. The molecule has 1 heterocycles. The van der Waals surface area contributed by atoms with Crippen LogP contribution in [0.2, 0.25) is 0 Å². The molecule has 3 N–H and O–H groups in total. The molecule has 1 rings (SSSR count). The van der Waals surface area contributed by atoms with Gasteiger partial charge in [-0.05, 0) is 6.26 Å². The Morgan fingerprint density at radius 1 is 1.80 bits per heavy atom. The number of aromatic nitrogens is 3. The number of rotatable bonds is 6. The van der Waals surface area contributed by atoms with Crippen LogP contribution in [-0.4, -0.2) is 44.1 Å². The number of nitrogens with two attached hydrogens (primary N) is 1. The van der Waals surface area contributed by atoms with Crippen molar-refractivity contribution in [1.82, 2.24) is 15.0 Å². The van der Waals surface area contributed by atoms with Crippen LogP contribution in [-0.2, 0) is 17.8 Å². The van der Waals surface area contributed by atoms with E-state index >= 15 is 0 Å². The largest absolute Gasteiger partial charge is 0.480 e. The average Bonchev–Trinajstić information content (AvgIpc) is 2.62. The van der Waals surface area contributed by atoms with Gasteiger partial charge >= 0.3 is 5.97 Å². The van der Waals surface area contributed by atoms with Crippen LogP contribution in [0.1, 0.15) is 5.69 Å². The fraction of sp³-hybridized carbons (Fsp3) is 0.625. The van der Waals surface area contributed by atoms with Crippen molar-refractivity contribution in [3.8, 4) is 0 Å². The molecule has 0 saturated heterocycles. The van der Waals surface area contributed by atoms with Crippen LogP contribution in [0.25, 0.3) is 0 Å². The molecule has 0 fully saturated rings. The quantitative estimate of drug-likeness (QED) is 0.690. The topological polar surface area (TPSA) is 94.0 Å². The highest BCUT2D eigenvalue weighted by molar-refractivity contribution is 7.98. The van der Waals surface area contributed by atoms with Crippen molar-refractivity contribution in [1.29, 1.82) is 0 Å². The molecule has 1 aromatic rings. The standard InChI is InChI=1S/C8H14N4O2S/c1-15-3-2-12-5-6(10-11-12)4-7(9)8(13)14/h5,7H,2-4,9H2,1H3,(H,13,14). The highest BCUT2D eigenvalue weighted by atomic mass is 32.2. The Morgan fingerprint density at radius 2 is 2.53 bits per heavy atom. The molecular weight excluding hydrogens is 216 g/mol. The number of aryl methyl sites for hydroxylation is 1. The smallest absolute Gasteiger partial charge is 0.320 e. The fourth-order valence-corrected chi connectivity index (χ4v) is 1.41. The number of aliphatic carboxylic acids is 1. The van der Waals surface area contributed by atoms with Crippen LogP contribution in [0.3, 0.4) is 0 Å². The van der Waals surface area contributed by atoms with Gasteiger partial charge in [0.05, 0.1) is 12.2 Å². The molecule has 84 valence electrons. The maximum Gasteiger partial charge on any atom is 0.320 e. The van der Waals surface area contributed by atoms with Crippen molar-refractivity contribution in [3.05, 3.63) is 11.9 Å². The Kier molecular flexibility index (Phi) is 4.57. The van der Waals surface area contributed by atoms with Gasteiger partial charge in [-0.2, -0.15) is 11.8 Å². The van der Waals surface area contributed by atoms with Crippen LogP contribution in [0, 0.1) is 0 Å². The number of hydrogen-bond acceptors (Lipinski definition) is 5. The third kappa shape index (κ3) is 3.88. The zero-order valence-electron chi connectivity index (χ0n) is 8.46. The number of nitrogens with zero attached hydrogens (tertiary/aromatic N) is 3. The van der Waals surface area contributed by atoms with Gasteiger partial charge in [-0.15, -0.1) is 5.10 Å². The maximum absolute atomic E-state index is 10.5. The molecule has 0 saturated carbocycles. The molecule has 0 aliphatic rings. The normalized spacial score (nSPS) is 12.7. The second-order valence-corrected chi connectivity index (χ2v) is 4.10. The van der Waals surface area contributed by atoms with E-state index in [-0.39, 0.29) is 6.42 Å². The second-order valence-electron chi connectivity index (χ2n) is 3.11. The summed E-state index contributed by atoms with van der Waals surface area (Å²) in [7, 11) is 0. The first-order chi connectivity index (χ1) is 7.13. The third-order valence-corrected chi connectivity index (χ3v) is 2.45. The summed E-state index contributed by atoms with van der Waals surface area (Å²) in [6.07, 6.45) is 3.96. The van der Waals surface area contributed by atoms with E-state index in [2.05, 4.69) is 10.3 Å². The second kappa shape index (κ2) is 5.72. The van der Waals surface area contributed by atoms with Crippen LogP contribution in [0.5, 0.6) is 0 Å². The molecule has 0 aromatic carbocycles. The maximum atomic E-state index is 10.5. The molecule has 1 unspecified atom stereocenters. The number of thioether (sulfide) groups is 1. The van der Waals surface area contributed by atoms with E-state index in [0.29, 0.717) is 5.69 Å². The highest BCUT2D eigenvalue weighted by Crippen LogP contribution is 1.99. The van der Waals surface area contributed by atoms with E-state index < -0.39 is 12.0 Å². The molecule has 0 bridgehead atoms. The molecule has 1 atom stereocenters. The summed E-state index contributed by atoms with van der Waals surface area (Å²) < 4.78 is 1.69. The van der Waals surface area contributed by atoms with Gasteiger partial charge in [0.25, 0.3) is 0 Å². The van der Waals surface area contributed by atoms with E-state index in [1.165, 1.54) is 0 Å². The fourth-order valence-electron chi connectivity index (χ4n) is 1.04. The molecular formula is C8H14N4O2S. The van der Waals surface area contributed by atoms with Gasteiger partial charge in [-0.1, -0.05) is 5.21 Å². The van der Waals surface area contributed by atoms with Crippen molar-refractivity contribution < 1.29 is 9.90 Å². The number of carbonyl (C=O) groups is 1. The van der Waals surface area contributed by atoms with E-state index in [4.69, 9.17) is 10.8 Å². The predicted molar refractivity (Wildman–Crippen MR) is 57.7 cm³/mol. The summed E-state index contributed by atoms with van der Waals surface area (Å²) in [6.45, 7) is 0.774. The Balaban J connectivity index is 2.49. The van der Waals surface area contributed by atoms with Gasteiger partial charge in [0.1, 0.15) is 6.04 Å². The summed E-state index contributed by atoms with van der Waals surface area (Å²) in [5, 5.41) is 16.3. The van der Waals surface area contributed by atoms with Gasteiger partial charge in [-0.25, -0.2) is 0 Å². The third-order valence-electron chi connectivity index (χ3n) is 1.86. The molecule has 0 aliphatic carbocycles. The summed E-state index contributed by atoms with van der Waals surface area (Å²) in [5.41, 5.74) is 5.99. The van der Waals surface area contributed by atoms with Crippen LogP contribution in [0.15, 0.2) is 6.20 Å². The van der Waals surface area contributed by atoms with E-state index in [0.717, 1.165) is 12.3 Å². The van der Waals surface area contributed by atoms with Crippen LogP contribution >= 0.6 is 11.8 Å². The van der Waals surface area contributed by atoms with Crippen LogP contribution in [0.4, 0.5) is 0 Å². The van der Waals surface area contributed by atoms with Crippen molar-refractivity contribution >= 4 is 17.7 Å². The molecule has 15 heavy (non-hydrogen) atoms. The summed E-state index contributed by atoms with van der Waals surface area (Å²) >= 11 is 1.72. The van der Waals surface area contributed by atoms with Crippen molar-refractivity contribution in [2.75, 3.05) is 12.0 Å². The van der Waals surface area contributed by atoms with E-state index in [1.54, 1.807) is 22.6 Å². The lowest BCUT2D eigenvalue weighted by molar-refractivity contribution is -0.138. The Labute approximate surface area is 91.8 Å². The average molecular weight is 230 g/mol. The van der Waals surface area contributed by atoms with Crippen LogP contribution < -0.4 is 5.73 Å². The number of carboxylic acid groups (broad SMARTS) is 1. The first kappa shape index (κ1) is 12.0. The Morgan fingerprint density at radius 3 is 3.13 bits per heavy atom. The van der Waals surface area contributed by atoms with E-state index in [1.807, 2.05) is 6.26 Å². The predicted octanol–water partition coefficient (Wildman–Crippen LogP) is -0.404. The Hall–Kier alpha value is -1.08. The molecule has 7 heteroatoms. The lowest BCUT2D eigenvalue weighted by Crippen LogP contribution is -2.32. The number of carboxylic acids is 1. The molecule has 6 nitrogen and oxygen atoms in total. The molecule has 0 aliphatic heterocycles. The Bertz CT molecular complexity index is 328. The minimum atomic E-state index is -1.02. The molecule has 0 radical (unpaired) electrons. The minimum Gasteiger partial charge on any atom is -0.480 e. The van der Waals surface area contributed by atoms with Crippen molar-refractivity contribution in [3.63, 3.8) is 0 Å². The zero-order chi connectivity index (χ0) is 11.3. The minimum absolute atomic E-state index is 0.217. The van der Waals surface area contributed by atoms with Gasteiger partial charge < -0.3 is 10.8 Å².